The van der Waals surface area contributed by atoms with E-state index < -0.39 is 0 Å². The summed E-state index contributed by atoms with van der Waals surface area (Å²) >= 11 is 0. The lowest BCUT2D eigenvalue weighted by molar-refractivity contribution is -0.692. The molecular formula is C19H19N2O2+. The third-order valence-corrected chi connectivity index (χ3v) is 4.22. The zero-order chi connectivity index (χ0) is 16.6. The smallest absolute Gasteiger partial charge is 0.498 e. The van der Waals surface area contributed by atoms with Gasteiger partial charge in [-0.15, -0.1) is 0 Å². The molecule has 0 saturated heterocycles. The lowest BCUT2D eigenvalue weighted by atomic mass is 10.0. The van der Waals surface area contributed by atoms with Crippen LogP contribution < -0.4 is 10.3 Å². The van der Waals surface area contributed by atoms with Crippen molar-refractivity contribution in [3.63, 3.8) is 0 Å². The molecule has 0 amide bonds. The molecular weight excluding hydrogens is 288 g/mol. The molecule has 4 heteroatoms. The lowest BCUT2D eigenvalue weighted by Gasteiger charge is -2.05. The van der Waals surface area contributed by atoms with E-state index in [0.29, 0.717) is 0 Å². The highest BCUT2D eigenvalue weighted by Crippen LogP contribution is 2.28. The molecule has 0 saturated carbocycles. The van der Waals surface area contributed by atoms with Crippen LogP contribution in [0, 0.1) is 6.92 Å². The number of benzene rings is 2. The second kappa shape index (κ2) is 5.72. The standard InChI is InChI=1S/C19H18N2O2/c1-13-12-15(21(3)19(23)20(13)2)10-8-14-9-11-18(22)17-7-5-4-6-16(14)17/h4-12H,1-3H3/p+1. The van der Waals surface area contributed by atoms with Gasteiger partial charge in [0.2, 0.25) is 0 Å². The molecule has 0 unspecified atom stereocenters. The number of phenolic OH excluding ortho intramolecular Hbond substituents is 1. The Balaban J connectivity index is 2.12. The molecule has 116 valence electrons. The Morgan fingerprint density at radius 2 is 1.78 bits per heavy atom. The van der Waals surface area contributed by atoms with Crippen molar-refractivity contribution in [2.24, 2.45) is 14.1 Å². The van der Waals surface area contributed by atoms with Gasteiger partial charge in [-0.1, -0.05) is 36.4 Å². The average Bonchev–Trinajstić information content (AvgIpc) is 2.57. The van der Waals surface area contributed by atoms with E-state index in [1.807, 2.05) is 55.5 Å². The van der Waals surface area contributed by atoms with Crippen LogP contribution in [0.15, 0.2) is 47.3 Å². The van der Waals surface area contributed by atoms with E-state index in [9.17, 15) is 9.90 Å². The Bertz CT molecular complexity index is 985. The van der Waals surface area contributed by atoms with Gasteiger partial charge in [-0.25, -0.2) is 0 Å². The molecule has 23 heavy (non-hydrogen) atoms. The molecule has 4 nitrogen and oxygen atoms in total. The zero-order valence-corrected chi connectivity index (χ0v) is 13.4. The third-order valence-electron chi connectivity index (χ3n) is 4.22. The molecule has 0 fully saturated rings. The van der Waals surface area contributed by atoms with Crippen LogP contribution in [0.4, 0.5) is 0 Å². The largest absolute Gasteiger partial charge is 0.507 e. The minimum atomic E-state index is -0.0554. The minimum Gasteiger partial charge on any atom is -0.507 e. The molecule has 3 rings (SSSR count). The maximum Gasteiger partial charge on any atom is 0.498 e. The highest BCUT2D eigenvalue weighted by Gasteiger charge is 2.11. The second-order valence-corrected chi connectivity index (χ2v) is 5.66. The monoisotopic (exact) mass is 307 g/mol. The molecule has 3 aromatic rings. The van der Waals surface area contributed by atoms with E-state index in [2.05, 4.69) is 0 Å². The normalized spacial score (nSPS) is 11.4. The molecule has 1 heterocycles. The summed E-state index contributed by atoms with van der Waals surface area (Å²) in [6.07, 6.45) is 3.89. The van der Waals surface area contributed by atoms with Crippen LogP contribution >= 0.6 is 0 Å². The Kier molecular flexibility index (Phi) is 3.74. The molecule has 0 aliphatic heterocycles. The summed E-state index contributed by atoms with van der Waals surface area (Å²) in [5, 5.41) is 11.8. The first kappa shape index (κ1) is 15.0. The van der Waals surface area contributed by atoms with Crippen molar-refractivity contribution in [2.45, 2.75) is 6.92 Å². The summed E-state index contributed by atoms with van der Waals surface area (Å²) in [6, 6.07) is 13.3. The van der Waals surface area contributed by atoms with Gasteiger partial charge >= 0.3 is 5.69 Å². The van der Waals surface area contributed by atoms with Crippen molar-refractivity contribution in [3.05, 3.63) is 69.9 Å². The summed E-state index contributed by atoms with van der Waals surface area (Å²) in [5.41, 5.74) is 2.68. The highest BCUT2D eigenvalue weighted by atomic mass is 16.3. The van der Waals surface area contributed by atoms with Gasteiger partial charge in [-0.05, 0) is 30.0 Å². The fourth-order valence-corrected chi connectivity index (χ4v) is 2.68. The number of phenols is 1. The van der Waals surface area contributed by atoms with Crippen molar-refractivity contribution >= 4 is 22.9 Å². The molecule has 0 bridgehead atoms. The first-order valence-electron chi connectivity index (χ1n) is 7.44. The first-order chi connectivity index (χ1) is 11.0. The SMILES string of the molecule is Cc1cc(C=Cc2ccc(O)c3ccccc23)[n+](C)c(=O)n1C. The van der Waals surface area contributed by atoms with Gasteiger partial charge < -0.3 is 5.11 Å². The fourth-order valence-electron chi connectivity index (χ4n) is 2.68. The molecule has 0 aliphatic rings. The first-order valence-corrected chi connectivity index (χ1v) is 7.44. The van der Waals surface area contributed by atoms with E-state index in [4.69, 9.17) is 0 Å². The number of hydrogen-bond acceptors (Lipinski definition) is 2. The number of fused-ring (bicyclic) bond motifs is 1. The van der Waals surface area contributed by atoms with E-state index in [1.54, 1.807) is 29.3 Å². The number of hydrogen-bond donors (Lipinski definition) is 1. The Morgan fingerprint density at radius 1 is 1.09 bits per heavy atom. The molecule has 2 aromatic carbocycles. The van der Waals surface area contributed by atoms with E-state index in [1.165, 1.54) is 0 Å². The van der Waals surface area contributed by atoms with Crippen LogP contribution in [-0.2, 0) is 14.1 Å². The summed E-state index contributed by atoms with van der Waals surface area (Å²) in [6.45, 7) is 1.91. The topological polar surface area (TPSA) is 46.1 Å². The lowest BCUT2D eigenvalue weighted by Crippen LogP contribution is -2.53. The van der Waals surface area contributed by atoms with Crippen molar-refractivity contribution in [3.8, 4) is 5.75 Å². The fraction of sp³-hybridized carbons (Fsp3) is 0.158. The maximum absolute atomic E-state index is 12.1. The predicted molar refractivity (Wildman–Crippen MR) is 92.1 cm³/mol. The van der Waals surface area contributed by atoms with Crippen LogP contribution in [0.3, 0.4) is 0 Å². The molecule has 1 aromatic heterocycles. The number of aromatic hydroxyl groups is 1. The Labute approximate surface area is 134 Å². The molecule has 0 aliphatic carbocycles. The minimum absolute atomic E-state index is 0.0554. The van der Waals surface area contributed by atoms with Gasteiger partial charge in [-0.3, -0.25) is 0 Å². The van der Waals surface area contributed by atoms with E-state index in [-0.39, 0.29) is 11.4 Å². The molecule has 0 atom stereocenters. The van der Waals surface area contributed by atoms with Crippen molar-refractivity contribution in [2.75, 3.05) is 0 Å². The van der Waals surface area contributed by atoms with Gasteiger partial charge in [0.1, 0.15) is 17.1 Å². The number of rotatable bonds is 2. The molecule has 0 spiro atoms. The zero-order valence-electron chi connectivity index (χ0n) is 13.4. The second-order valence-electron chi connectivity index (χ2n) is 5.66. The van der Waals surface area contributed by atoms with Crippen LogP contribution in [0.2, 0.25) is 0 Å². The van der Waals surface area contributed by atoms with Crippen LogP contribution in [0.25, 0.3) is 22.9 Å². The van der Waals surface area contributed by atoms with E-state index >= 15 is 0 Å². The summed E-state index contributed by atoms with van der Waals surface area (Å²) in [5.74, 6) is 0.271. The third kappa shape index (κ3) is 2.63. The summed E-state index contributed by atoms with van der Waals surface area (Å²) < 4.78 is 3.24. The summed E-state index contributed by atoms with van der Waals surface area (Å²) in [7, 11) is 3.52. The van der Waals surface area contributed by atoms with Gasteiger partial charge in [0, 0.05) is 11.5 Å². The highest BCUT2D eigenvalue weighted by molar-refractivity contribution is 5.96. The summed E-state index contributed by atoms with van der Waals surface area (Å²) in [4.78, 5) is 12.1. The predicted octanol–water partition coefficient (Wildman–Crippen LogP) is 2.55. The van der Waals surface area contributed by atoms with Crippen molar-refractivity contribution in [1.82, 2.24) is 4.57 Å². The Hall–Kier alpha value is -2.88. The quantitative estimate of drug-likeness (QED) is 0.740. The van der Waals surface area contributed by atoms with Crippen LogP contribution in [0.5, 0.6) is 5.75 Å². The van der Waals surface area contributed by atoms with Crippen molar-refractivity contribution < 1.29 is 9.67 Å². The molecule has 1 N–H and O–H groups in total. The van der Waals surface area contributed by atoms with Gasteiger partial charge in [0.25, 0.3) is 0 Å². The van der Waals surface area contributed by atoms with Gasteiger partial charge in [-0.2, -0.15) is 13.9 Å². The number of aryl methyl sites for hydroxylation is 1. The number of aromatic nitrogens is 2. The maximum atomic E-state index is 12.1. The average molecular weight is 307 g/mol. The number of nitrogens with zero attached hydrogens (tertiary/aromatic N) is 2. The van der Waals surface area contributed by atoms with E-state index in [0.717, 1.165) is 27.7 Å². The van der Waals surface area contributed by atoms with Gasteiger partial charge in [0.15, 0.2) is 0 Å². The van der Waals surface area contributed by atoms with Gasteiger partial charge in [0.05, 0.1) is 14.1 Å². The van der Waals surface area contributed by atoms with Crippen LogP contribution in [-0.4, -0.2) is 9.67 Å². The Morgan fingerprint density at radius 3 is 2.52 bits per heavy atom. The van der Waals surface area contributed by atoms with Crippen molar-refractivity contribution in [1.29, 1.82) is 0 Å². The molecule has 0 radical (unpaired) electrons. The van der Waals surface area contributed by atoms with Crippen LogP contribution in [0.1, 0.15) is 17.0 Å².